The predicted molar refractivity (Wildman–Crippen MR) is 62.4 cm³/mol. The maximum absolute atomic E-state index is 13.0. The lowest BCUT2D eigenvalue weighted by Gasteiger charge is -2.12. The van der Waals surface area contributed by atoms with E-state index in [2.05, 4.69) is 11.2 Å². The summed E-state index contributed by atoms with van der Waals surface area (Å²) < 4.78 is 26.1. The summed E-state index contributed by atoms with van der Waals surface area (Å²) in [7, 11) is 0. The molecule has 0 bridgehead atoms. The van der Waals surface area contributed by atoms with Crippen LogP contribution in [-0.4, -0.2) is 11.1 Å². The summed E-state index contributed by atoms with van der Waals surface area (Å²) in [5.74, 6) is -0.309. The lowest BCUT2D eigenvalue weighted by Crippen LogP contribution is -2.26. The van der Waals surface area contributed by atoms with E-state index < -0.39 is 17.4 Å². The lowest BCUT2D eigenvalue weighted by molar-refractivity contribution is 0.394. The first kappa shape index (κ1) is 13.5. The SMILES string of the molecule is C#CC(CCC)NCc1cc(F)c(O)c(F)c1. The smallest absolute Gasteiger partial charge is 0.187 e. The molecule has 0 radical (unpaired) electrons. The molecule has 0 aliphatic carbocycles. The maximum Gasteiger partial charge on any atom is 0.187 e. The van der Waals surface area contributed by atoms with E-state index in [0.29, 0.717) is 5.56 Å². The minimum absolute atomic E-state index is 0.111. The van der Waals surface area contributed by atoms with Crippen LogP contribution in [0.25, 0.3) is 0 Å². The number of halogens is 2. The van der Waals surface area contributed by atoms with Gasteiger partial charge in [-0.05, 0) is 24.1 Å². The second-order valence-electron chi connectivity index (χ2n) is 3.80. The van der Waals surface area contributed by atoms with Crippen molar-refractivity contribution in [1.29, 1.82) is 0 Å². The molecule has 0 spiro atoms. The number of rotatable bonds is 5. The molecular formula is C13H15F2NO. The molecule has 0 saturated heterocycles. The Balaban J connectivity index is 2.67. The molecular weight excluding hydrogens is 224 g/mol. The van der Waals surface area contributed by atoms with Crippen LogP contribution >= 0.6 is 0 Å². The van der Waals surface area contributed by atoms with Crippen LogP contribution in [0.3, 0.4) is 0 Å². The van der Waals surface area contributed by atoms with Crippen LogP contribution in [-0.2, 0) is 6.54 Å². The van der Waals surface area contributed by atoms with Crippen LogP contribution in [0.4, 0.5) is 8.78 Å². The zero-order valence-corrected chi connectivity index (χ0v) is 9.63. The number of terminal acetylenes is 1. The van der Waals surface area contributed by atoms with Gasteiger partial charge in [0.15, 0.2) is 17.4 Å². The van der Waals surface area contributed by atoms with Gasteiger partial charge in [-0.1, -0.05) is 19.3 Å². The Morgan fingerprint density at radius 2 is 2.00 bits per heavy atom. The molecule has 0 aliphatic rings. The first-order chi connectivity index (χ1) is 8.08. The number of phenolic OH excluding ortho intramolecular Hbond substituents is 1. The van der Waals surface area contributed by atoms with Crippen LogP contribution in [0.2, 0.25) is 0 Å². The molecule has 17 heavy (non-hydrogen) atoms. The quantitative estimate of drug-likeness (QED) is 0.774. The Bertz CT molecular complexity index is 403. The van der Waals surface area contributed by atoms with E-state index in [1.807, 2.05) is 6.92 Å². The minimum Gasteiger partial charge on any atom is -0.503 e. The Morgan fingerprint density at radius 3 is 2.47 bits per heavy atom. The van der Waals surface area contributed by atoms with E-state index in [0.717, 1.165) is 25.0 Å². The van der Waals surface area contributed by atoms with Gasteiger partial charge in [-0.25, -0.2) is 8.78 Å². The van der Waals surface area contributed by atoms with E-state index >= 15 is 0 Å². The summed E-state index contributed by atoms with van der Waals surface area (Å²) in [6, 6.07) is 2.07. The zero-order chi connectivity index (χ0) is 12.8. The molecule has 0 saturated carbocycles. The summed E-state index contributed by atoms with van der Waals surface area (Å²) in [6.07, 6.45) is 7.04. The molecule has 0 aliphatic heterocycles. The lowest BCUT2D eigenvalue weighted by atomic mass is 10.1. The number of hydrogen-bond acceptors (Lipinski definition) is 2. The van der Waals surface area contributed by atoms with E-state index in [-0.39, 0.29) is 12.6 Å². The van der Waals surface area contributed by atoms with Gasteiger partial charge in [0.2, 0.25) is 0 Å². The molecule has 2 N–H and O–H groups in total. The molecule has 1 rings (SSSR count). The van der Waals surface area contributed by atoms with Gasteiger partial charge in [0.05, 0.1) is 6.04 Å². The van der Waals surface area contributed by atoms with Crippen LogP contribution in [0.5, 0.6) is 5.75 Å². The highest BCUT2D eigenvalue weighted by Crippen LogP contribution is 2.21. The molecule has 1 aromatic rings. The first-order valence-electron chi connectivity index (χ1n) is 5.44. The maximum atomic E-state index is 13.0. The fourth-order valence-corrected chi connectivity index (χ4v) is 1.49. The summed E-state index contributed by atoms with van der Waals surface area (Å²) >= 11 is 0. The Morgan fingerprint density at radius 1 is 1.41 bits per heavy atom. The van der Waals surface area contributed by atoms with Crippen LogP contribution in [0.15, 0.2) is 12.1 Å². The average Bonchev–Trinajstić information content (AvgIpc) is 2.31. The molecule has 0 amide bonds. The van der Waals surface area contributed by atoms with Crippen LogP contribution < -0.4 is 5.32 Å². The summed E-state index contributed by atoms with van der Waals surface area (Å²) in [5.41, 5.74) is 0.411. The molecule has 2 nitrogen and oxygen atoms in total. The molecule has 1 aromatic carbocycles. The standard InChI is InChI=1S/C13H15F2NO/c1-3-5-10(4-2)16-8-9-6-11(14)13(17)12(15)7-9/h2,6-7,10,16-17H,3,5,8H2,1H3. The Kier molecular flexibility index (Phi) is 4.92. The van der Waals surface area contributed by atoms with Crippen molar-refractivity contribution in [2.45, 2.75) is 32.4 Å². The molecule has 0 heterocycles. The number of aromatic hydroxyl groups is 1. The van der Waals surface area contributed by atoms with Gasteiger partial charge in [0.1, 0.15) is 0 Å². The van der Waals surface area contributed by atoms with Crippen molar-refractivity contribution in [2.24, 2.45) is 0 Å². The highest BCUT2D eigenvalue weighted by Gasteiger charge is 2.10. The Labute approximate surface area is 99.7 Å². The third kappa shape index (κ3) is 3.72. The van der Waals surface area contributed by atoms with Gasteiger partial charge in [-0.15, -0.1) is 6.42 Å². The Hall–Kier alpha value is -1.60. The minimum atomic E-state index is -0.963. The predicted octanol–water partition coefficient (Wildman–Crippen LogP) is 2.56. The van der Waals surface area contributed by atoms with Crippen molar-refractivity contribution in [3.8, 4) is 18.1 Å². The summed E-state index contributed by atoms with van der Waals surface area (Å²) in [6.45, 7) is 2.27. The molecule has 4 heteroatoms. The fraction of sp³-hybridized carbons (Fsp3) is 0.385. The highest BCUT2D eigenvalue weighted by molar-refractivity contribution is 5.30. The molecule has 1 unspecified atom stereocenters. The largest absolute Gasteiger partial charge is 0.503 e. The van der Waals surface area contributed by atoms with Gasteiger partial charge in [-0.2, -0.15) is 0 Å². The third-order valence-corrected chi connectivity index (χ3v) is 2.41. The van der Waals surface area contributed by atoms with Gasteiger partial charge >= 0.3 is 0 Å². The van der Waals surface area contributed by atoms with Gasteiger partial charge in [-0.3, -0.25) is 5.32 Å². The van der Waals surface area contributed by atoms with Crippen LogP contribution in [0, 0.1) is 24.0 Å². The summed E-state index contributed by atoms with van der Waals surface area (Å²) in [4.78, 5) is 0. The van der Waals surface area contributed by atoms with Gasteiger partial charge < -0.3 is 5.11 Å². The number of hydrogen-bond donors (Lipinski definition) is 2. The van der Waals surface area contributed by atoms with Crippen LogP contribution in [0.1, 0.15) is 25.3 Å². The molecule has 1 atom stereocenters. The monoisotopic (exact) mass is 239 g/mol. The van der Waals surface area contributed by atoms with Crippen molar-refractivity contribution in [1.82, 2.24) is 5.32 Å². The van der Waals surface area contributed by atoms with Gasteiger partial charge in [0.25, 0.3) is 0 Å². The molecule has 0 fully saturated rings. The van der Waals surface area contributed by atoms with Crippen molar-refractivity contribution in [3.05, 3.63) is 29.3 Å². The second kappa shape index (κ2) is 6.21. The van der Waals surface area contributed by atoms with E-state index in [4.69, 9.17) is 11.5 Å². The topological polar surface area (TPSA) is 32.3 Å². The summed E-state index contributed by atoms with van der Waals surface area (Å²) in [5, 5.41) is 11.9. The van der Waals surface area contributed by atoms with Gasteiger partial charge in [0, 0.05) is 6.54 Å². The van der Waals surface area contributed by atoms with E-state index in [1.54, 1.807) is 0 Å². The van der Waals surface area contributed by atoms with Crippen molar-refractivity contribution in [3.63, 3.8) is 0 Å². The van der Waals surface area contributed by atoms with E-state index in [9.17, 15) is 8.78 Å². The highest BCUT2D eigenvalue weighted by atomic mass is 19.1. The van der Waals surface area contributed by atoms with E-state index in [1.165, 1.54) is 0 Å². The number of benzene rings is 1. The molecule has 92 valence electrons. The first-order valence-corrected chi connectivity index (χ1v) is 5.44. The fourth-order valence-electron chi connectivity index (χ4n) is 1.49. The normalized spacial score (nSPS) is 12.1. The number of nitrogens with one attached hydrogen (secondary N) is 1. The third-order valence-electron chi connectivity index (χ3n) is 2.41. The van der Waals surface area contributed by atoms with Crippen molar-refractivity contribution >= 4 is 0 Å². The average molecular weight is 239 g/mol. The zero-order valence-electron chi connectivity index (χ0n) is 9.63. The van der Waals surface area contributed by atoms with Crippen molar-refractivity contribution in [2.75, 3.05) is 0 Å². The molecule has 0 aromatic heterocycles. The van der Waals surface area contributed by atoms with Crippen molar-refractivity contribution < 1.29 is 13.9 Å². The second-order valence-corrected chi connectivity index (χ2v) is 3.80. The number of phenols is 1.